The Labute approximate surface area is 114 Å². The Morgan fingerprint density at radius 2 is 2.11 bits per heavy atom. The van der Waals surface area contributed by atoms with E-state index in [0.29, 0.717) is 12.3 Å². The molecular weight excluding hydrogens is 244 g/mol. The lowest BCUT2D eigenvalue weighted by Crippen LogP contribution is -2.25. The molecule has 5 heteroatoms. The van der Waals surface area contributed by atoms with Gasteiger partial charge in [-0.15, -0.1) is 0 Å². The molecule has 0 aliphatic heterocycles. The number of aromatic hydroxyl groups is 1. The molecule has 0 spiro atoms. The molecule has 0 heterocycles. The average Bonchev–Trinajstić information content (AvgIpc) is 2.38. The maximum absolute atomic E-state index is 11.9. The van der Waals surface area contributed by atoms with Gasteiger partial charge in [0, 0.05) is 6.54 Å². The van der Waals surface area contributed by atoms with Gasteiger partial charge in [-0.1, -0.05) is 6.07 Å². The molecule has 0 aliphatic carbocycles. The second-order valence-electron chi connectivity index (χ2n) is 4.62. The van der Waals surface area contributed by atoms with Crippen molar-refractivity contribution in [2.45, 2.75) is 12.8 Å². The normalized spacial score (nSPS) is 10.5. The molecule has 2 N–H and O–H groups in total. The van der Waals surface area contributed by atoms with Gasteiger partial charge in [0.15, 0.2) is 11.5 Å². The molecule has 0 radical (unpaired) electrons. The molecule has 106 valence electrons. The van der Waals surface area contributed by atoms with Crippen molar-refractivity contribution < 1.29 is 14.6 Å². The fourth-order valence-electron chi connectivity index (χ4n) is 1.72. The van der Waals surface area contributed by atoms with Crippen LogP contribution in [0.25, 0.3) is 0 Å². The summed E-state index contributed by atoms with van der Waals surface area (Å²) in [5, 5.41) is 12.6. The zero-order valence-corrected chi connectivity index (χ0v) is 11.8. The molecule has 0 unspecified atom stereocenters. The fourth-order valence-corrected chi connectivity index (χ4v) is 1.72. The van der Waals surface area contributed by atoms with Crippen molar-refractivity contribution >= 4 is 5.91 Å². The number of carbonyl (C=O) groups excluding carboxylic acids is 1. The van der Waals surface area contributed by atoms with E-state index in [-0.39, 0.29) is 17.2 Å². The smallest absolute Gasteiger partial charge is 0.255 e. The van der Waals surface area contributed by atoms with E-state index in [2.05, 4.69) is 10.2 Å². The van der Waals surface area contributed by atoms with Crippen LogP contribution in [0.2, 0.25) is 0 Å². The number of para-hydroxylation sites is 1. The van der Waals surface area contributed by atoms with E-state index >= 15 is 0 Å². The Balaban J connectivity index is 2.46. The number of nitrogens with one attached hydrogen (secondary N) is 1. The number of hydrogen-bond donors (Lipinski definition) is 2. The van der Waals surface area contributed by atoms with Crippen LogP contribution in [0.3, 0.4) is 0 Å². The van der Waals surface area contributed by atoms with E-state index in [0.717, 1.165) is 19.4 Å². The summed E-state index contributed by atoms with van der Waals surface area (Å²) in [6, 6.07) is 4.87. The zero-order valence-electron chi connectivity index (χ0n) is 11.8. The minimum atomic E-state index is -0.277. The van der Waals surface area contributed by atoms with Gasteiger partial charge in [-0.25, -0.2) is 0 Å². The number of phenols is 1. The molecule has 0 saturated carbocycles. The first-order chi connectivity index (χ1) is 9.06. The third kappa shape index (κ3) is 4.79. The van der Waals surface area contributed by atoms with Crippen LogP contribution < -0.4 is 10.1 Å². The number of carbonyl (C=O) groups is 1. The maximum atomic E-state index is 11.9. The highest BCUT2D eigenvalue weighted by atomic mass is 16.5. The van der Waals surface area contributed by atoms with Gasteiger partial charge >= 0.3 is 0 Å². The molecule has 1 aromatic carbocycles. The molecular formula is C14H22N2O3. The van der Waals surface area contributed by atoms with Gasteiger partial charge < -0.3 is 20.1 Å². The average molecular weight is 266 g/mol. The van der Waals surface area contributed by atoms with E-state index < -0.39 is 0 Å². The fraction of sp³-hybridized carbons (Fsp3) is 0.500. The van der Waals surface area contributed by atoms with Crippen molar-refractivity contribution in [3.63, 3.8) is 0 Å². The first-order valence-corrected chi connectivity index (χ1v) is 6.35. The van der Waals surface area contributed by atoms with Crippen molar-refractivity contribution in [2.75, 3.05) is 34.3 Å². The number of nitrogens with zero attached hydrogens (tertiary/aromatic N) is 1. The Morgan fingerprint density at radius 3 is 2.74 bits per heavy atom. The zero-order chi connectivity index (χ0) is 14.3. The number of rotatable bonds is 7. The summed E-state index contributed by atoms with van der Waals surface area (Å²) in [6.45, 7) is 1.60. The van der Waals surface area contributed by atoms with Crippen molar-refractivity contribution in [3.05, 3.63) is 23.8 Å². The Bertz CT molecular complexity index is 419. The van der Waals surface area contributed by atoms with Crippen molar-refractivity contribution in [2.24, 2.45) is 0 Å². The van der Waals surface area contributed by atoms with Gasteiger partial charge in [0.1, 0.15) is 0 Å². The molecule has 0 aliphatic rings. The second-order valence-corrected chi connectivity index (χ2v) is 4.62. The molecule has 1 rings (SSSR count). The Morgan fingerprint density at radius 1 is 1.37 bits per heavy atom. The van der Waals surface area contributed by atoms with E-state index in [9.17, 15) is 9.90 Å². The summed E-state index contributed by atoms with van der Waals surface area (Å²) in [5.74, 6) is -0.0858. The van der Waals surface area contributed by atoms with Crippen LogP contribution in [-0.2, 0) is 0 Å². The lowest BCUT2D eigenvalue weighted by Gasteiger charge is -2.11. The highest BCUT2D eigenvalue weighted by Gasteiger charge is 2.13. The number of ether oxygens (including phenoxy) is 1. The third-order valence-corrected chi connectivity index (χ3v) is 2.78. The molecule has 0 saturated heterocycles. The summed E-state index contributed by atoms with van der Waals surface area (Å²) in [4.78, 5) is 14.0. The molecule has 5 nitrogen and oxygen atoms in total. The predicted octanol–water partition coefficient (Wildman–Crippen LogP) is 1.47. The number of hydrogen-bond acceptors (Lipinski definition) is 4. The van der Waals surface area contributed by atoms with E-state index in [1.165, 1.54) is 7.11 Å². The summed E-state index contributed by atoms with van der Waals surface area (Å²) in [6.07, 6.45) is 1.94. The summed E-state index contributed by atoms with van der Waals surface area (Å²) < 4.78 is 4.97. The van der Waals surface area contributed by atoms with Crippen LogP contribution in [0.1, 0.15) is 23.2 Å². The largest absolute Gasteiger partial charge is 0.504 e. The summed E-state index contributed by atoms with van der Waals surface area (Å²) >= 11 is 0. The minimum Gasteiger partial charge on any atom is -0.504 e. The quantitative estimate of drug-likeness (QED) is 0.734. The highest BCUT2D eigenvalue weighted by Crippen LogP contribution is 2.29. The van der Waals surface area contributed by atoms with Crippen LogP contribution in [-0.4, -0.2) is 50.2 Å². The third-order valence-electron chi connectivity index (χ3n) is 2.78. The number of unbranched alkanes of at least 4 members (excludes halogenated alkanes) is 1. The van der Waals surface area contributed by atoms with Gasteiger partial charge in [0.2, 0.25) is 0 Å². The summed E-state index contributed by atoms with van der Waals surface area (Å²) in [7, 11) is 5.50. The molecule has 19 heavy (non-hydrogen) atoms. The monoisotopic (exact) mass is 266 g/mol. The van der Waals surface area contributed by atoms with Gasteiger partial charge in [-0.3, -0.25) is 4.79 Å². The maximum Gasteiger partial charge on any atom is 0.255 e. The standard InChI is InChI=1S/C14H22N2O3/c1-16(2)10-5-4-9-15-14(18)11-7-6-8-12(19-3)13(11)17/h6-8,17H,4-5,9-10H2,1-3H3,(H,15,18). The molecule has 0 aromatic heterocycles. The van der Waals surface area contributed by atoms with Gasteiger partial charge in [0.05, 0.1) is 12.7 Å². The topological polar surface area (TPSA) is 61.8 Å². The Hall–Kier alpha value is -1.75. The van der Waals surface area contributed by atoms with Crippen LogP contribution in [0, 0.1) is 0 Å². The van der Waals surface area contributed by atoms with Gasteiger partial charge in [0.25, 0.3) is 5.91 Å². The lowest BCUT2D eigenvalue weighted by atomic mass is 10.1. The number of phenolic OH excluding ortho intramolecular Hbond substituents is 1. The van der Waals surface area contributed by atoms with Crippen molar-refractivity contribution in [1.29, 1.82) is 0 Å². The van der Waals surface area contributed by atoms with E-state index in [1.807, 2.05) is 14.1 Å². The number of amides is 1. The molecule has 0 bridgehead atoms. The predicted molar refractivity (Wildman–Crippen MR) is 74.8 cm³/mol. The second kappa shape index (κ2) is 7.63. The highest BCUT2D eigenvalue weighted by molar-refractivity contribution is 5.97. The Kier molecular flexibility index (Phi) is 6.15. The van der Waals surface area contributed by atoms with E-state index in [4.69, 9.17) is 4.74 Å². The van der Waals surface area contributed by atoms with Crippen LogP contribution in [0.4, 0.5) is 0 Å². The molecule has 1 amide bonds. The molecule has 0 fully saturated rings. The van der Waals surface area contributed by atoms with Gasteiger partial charge in [-0.2, -0.15) is 0 Å². The van der Waals surface area contributed by atoms with Crippen molar-refractivity contribution in [1.82, 2.24) is 10.2 Å². The molecule has 1 aromatic rings. The van der Waals surface area contributed by atoms with Crippen molar-refractivity contribution in [3.8, 4) is 11.5 Å². The van der Waals surface area contributed by atoms with E-state index in [1.54, 1.807) is 18.2 Å². The molecule has 0 atom stereocenters. The number of methoxy groups -OCH3 is 1. The lowest BCUT2D eigenvalue weighted by molar-refractivity contribution is 0.0949. The van der Waals surface area contributed by atoms with Gasteiger partial charge in [-0.05, 0) is 45.6 Å². The first-order valence-electron chi connectivity index (χ1n) is 6.35. The van der Waals surface area contributed by atoms with Crippen LogP contribution in [0.5, 0.6) is 11.5 Å². The summed E-state index contributed by atoms with van der Waals surface area (Å²) in [5.41, 5.74) is 0.243. The number of benzene rings is 1. The SMILES string of the molecule is COc1cccc(C(=O)NCCCCN(C)C)c1O. The van der Waals surface area contributed by atoms with Crippen LogP contribution in [0.15, 0.2) is 18.2 Å². The van der Waals surface area contributed by atoms with Crippen LogP contribution >= 0.6 is 0 Å². The first kappa shape index (κ1) is 15.3. The minimum absolute atomic E-state index is 0.115.